The van der Waals surface area contributed by atoms with E-state index < -0.39 is 0 Å². The largest absolute Gasteiger partial charge is 0.383 e. The number of anilines is 2. The van der Waals surface area contributed by atoms with Crippen molar-refractivity contribution in [2.75, 3.05) is 17.7 Å². The van der Waals surface area contributed by atoms with Crippen LogP contribution in [0.2, 0.25) is 0 Å². The van der Waals surface area contributed by atoms with Crippen molar-refractivity contribution in [3.05, 3.63) is 11.4 Å². The zero-order valence-corrected chi connectivity index (χ0v) is 10.3. The molecule has 0 saturated heterocycles. The molecule has 2 N–H and O–H groups in total. The van der Waals surface area contributed by atoms with Crippen molar-refractivity contribution in [1.29, 1.82) is 0 Å². The minimum absolute atomic E-state index is 0.619. The Morgan fingerprint density at radius 1 is 1.38 bits per heavy atom. The molecule has 16 heavy (non-hydrogen) atoms. The molecule has 1 heterocycles. The lowest BCUT2D eigenvalue weighted by molar-refractivity contribution is 0.398. The Hall–Kier alpha value is -1.32. The van der Waals surface area contributed by atoms with Crippen molar-refractivity contribution in [2.45, 2.75) is 45.6 Å². The summed E-state index contributed by atoms with van der Waals surface area (Å²) < 4.78 is 0. The molecule has 0 radical (unpaired) electrons. The second kappa shape index (κ2) is 4.28. The van der Waals surface area contributed by atoms with Crippen LogP contribution < -0.4 is 10.6 Å². The van der Waals surface area contributed by atoms with Crippen LogP contribution in [0.15, 0.2) is 0 Å². The summed E-state index contributed by atoms with van der Waals surface area (Å²) in [6.45, 7) is 4.05. The van der Waals surface area contributed by atoms with E-state index in [1.807, 2.05) is 6.92 Å². The number of nitrogens with zero attached hydrogens (tertiary/aromatic N) is 3. The Kier molecular flexibility index (Phi) is 2.99. The molecule has 0 bridgehead atoms. The first-order chi connectivity index (χ1) is 7.63. The number of nitrogen functional groups attached to an aromatic ring is 1. The minimum Gasteiger partial charge on any atom is -0.383 e. The third-order valence-corrected chi connectivity index (χ3v) is 3.48. The van der Waals surface area contributed by atoms with Crippen LogP contribution in [-0.4, -0.2) is 23.1 Å². The fourth-order valence-electron chi connectivity index (χ4n) is 2.02. The average molecular weight is 220 g/mol. The van der Waals surface area contributed by atoms with Crippen LogP contribution in [0.3, 0.4) is 0 Å². The first-order valence-corrected chi connectivity index (χ1v) is 5.99. The fourth-order valence-corrected chi connectivity index (χ4v) is 2.02. The number of nitrogens with two attached hydrogens (primary N) is 1. The van der Waals surface area contributed by atoms with Crippen LogP contribution in [0.1, 0.15) is 37.6 Å². The number of hydrogen-bond donors (Lipinski definition) is 1. The van der Waals surface area contributed by atoms with Crippen molar-refractivity contribution >= 4 is 11.6 Å². The smallest absolute Gasteiger partial charge is 0.137 e. The summed E-state index contributed by atoms with van der Waals surface area (Å²) in [4.78, 5) is 11.1. The molecule has 0 unspecified atom stereocenters. The van der Waals surface area contributed by atoms with Gasteiger partial charge in [0.25, 0.3) is 0 Å². The van der Waals surface area contributed by atoms with E-state index in [0.29, 0.717) is 11.9 Å². The quantitative estimate of drug-likeness (QED) is 0.845. The third kappa shape index (κ3) is 1.84. The summed E-state index contributed by atoms with van der Waals surface area (Å²) in [6.07, 6.45) is 4.69. The highest BCUT2D eigenvalue weighted by Crippen LogP contribution is 2.30. The van der Waals surface area contributed by atoms with E-state index in [0.717, 1.165) is 23.6 Å². The molecule has 1 aliphatic carbocycles. The molecule has 0 aliphatic heterocycles. The van der Waals surface area contributed by atoms with Gasteiger partial charge in [-0.3, -0.25) is 0 Å². The van der Waals surface area contributed by atoms with Crippen LogP contribution in [0.4, 0.5) is 11.6 Å². The van der Waals surface area contributed by atoms with Crippen molar-refractivity contribution in [3.8, 4) is 0 Å². The maximum atomic E-state index is 5.92. The van der Waals surface area contributed by atoms with Gasteiger partial charge in [-0.05, 0) is 26.2 Å². The lowest BCUT2D eigenvalue weighted by Gasteiger charge is -2.36. The van der Waals surface area contributed by atoms with Crippen molar-refractivity contribution in [1.82, 2.24) is 9.97 Å². The van der Waals surface area contributed by atoms with Gasteiger partial charge in [0.1, 0.15) is 17.5 Å². The molecule has 1 saturated carbocycles. The normalized spacial score (nSPS) is 15.9. The van der Waals surface area contributed by atoms with E-state index in [9.17, 15) is 0 Å². The van der Waals surface area contributed by atoms with Gasteiger partial charge in [-0.25, -0.2) is 9.97 Å². The van der Waals surface area contributed by atoms with Crippen molar-refractivity contribution in [2.24, 2.45) is 0 Å². The van der Waals surface area contributed by atoms with Gasteiger partial charge in [0.15, 0.2) is 0 Å². The third-order valence-electron chi connectivity index (χ3n) is 3.48. The average Bonchev–Trinajstić information content (AvgIpc) is 2.19. The molecule has 1 fully saturated rings. The van der Waals surface area contributed by atoms with Gasteiger partial charge in [0.05, 0.1) is 0 Å². The van der Waals surface area contributed by atoms with Gasteiger partial charge >= 0.3 is 0 Å². The fraction of sp³-hybridized carbons (Fsp3) is 0.667. The first kappa shape index (κ1) is 11.2. The molecule has 4 heteroatoms. The molecular formula is C12H20N4. The standard InChI is InChI=1S/C12H20N4/c1-4-10-14-11(13)8(2)12(15-10)16(3)9-6-5-7-9/h9H,4-7H2,1-3H3,(H2,13,14,15). The van der Waals surface area contributed by atoms with Gasteiger partial charge in [-0.2, -0.15) is 0 Å². The van der Waals surface area contributed by atoms with Crippen LogP contribution >= 0.6 is 0 Å². The zero-order valence-electron chi connectivity index (χ0n) is 10.3. The van der Waals surface area contributed by atoms with Gasteiger partial charge in [0, 0.05) is 25.1 Å². The molecule has 1 aromatic heterocycles. The van der Waals surface area contributed by atoms with Crippen molar-refractivity contribution in [3.63, 3.8) is 0 Å². The molecule has 0 amide bonds. The van der Waals surface area contributed by atoms with Gasteiger partial charge in [-0.1, -0.05) is 6.92 Å². The van der Waals surface area contributed by atoms with E-state index >= 15 is 0 Å². The molecule has 1 aliphatic rings. The van der Waals surface area contributed by atoms with Gasteiger partial charge < -0.3 is 10.6 Å². The lowest BCUT2D eigenvalue weighted by atomic mass is 9.92. The van der Waals surface area contributed by atoms with Crippen LogP contribution in [0, 0.1) is 6.92 Å². The van der Waals surface area contributed by atoms with Crippen LogP contribution in [-0.2, 0) is 6.42 Å². The Balaban J connectivity index is 2.33. The minimum atomic E-state index is 0.619. The highest BCUT2D eigenvalue weighted by molar-refractivity contribution is 5.56. The molecule has 2 rings (SSSR count). The van der Waals surface area contributed by atoms with E-state index in [2.05, 4.69) is 28.8 Å². The predicted molar refractivity (Wildman–Crippen MR) is 66.6 cm³/mol. The summed E-state index contributed by atoms with van der Waals surface area (Å²) in [6, 6.07) is 0.637. The predicted octanol–water partition coefficient (Wildman–Crippen LogP) is 1.92. The molecule has 88 valence electrons. The summed E-state index contributed by atoms with van der Waals surface area (Å²) in [5.41, 5.74) is 6.92. The van der Waals surface area contributed by atoms with Crippen LogP contribution in [0.5, 0.6) is 0 Å². The van der Waals surface area contributed by atoms with E-state index in [1.165, 1.54) is 19.3 Å². The molecule has 0 spiro atoms. The maximum absolute atomic E-state index is 5.92. The Bertz CT molecular complexity index is 385. The van der Waals surface area contributed by atoms with Gasteiger partial charge in [0.2, 0.25) is 0 Å². The highest BCUT2D eigenvalue weighted by atomic mass is 15.2. The van der Waals surface area contributed by atoms with Gasteiger partial charge in [-0.15, -0.1) is 0 Å². The summed E-state index contributed by atoms with van der Waals surface area (Å²) in [5, 5.41) is 0. The van der Waals surface area contributed by atoms with E-state index in [1.54, 1.807) is 0 Å². The second-order valence-corrected chi connectivity index (χ2v) is 4.52. The molecule has 0 atom stereocenters. The number of rotatable bonds is 3. The highest BCUT2D eigenvalue weighted by Gasteiger charge is 2.25. The Labute approximate surface area is 96.9 Å². The summed E-state index contributed by atoms with van der Waals surface area (Å²) in [7, 11) is 2.11. The summed E-state index contributed by atoms with van der Waals surface area (Å²) in [5.74, 6) is 2.46. The van der Waals surface area contributed by atoms with Crippen LogP contribution in [0.25, 0.3) is 0 Å². The number of aryl methyl sites for hydroxylation is 1. The summed E-state index contributed by atoms with van der Waals surface area (Å²) >= 11 is 0. The SMILES string of the molecule is CCc1nc(N)c(C)c(N(C)C2CCC2)n1. The van der Waals surface area contributed by atoms with E-state index in [4.69, 9.17) is 5.73 Å². The number of hydrogen-bond acceptors (Lipinski definition) is 4. The monoisotopic (exact) mass is 220 g/mol. The topological polar surface area (TPSA) is 55.0 Å². The number of aromatic nitrogens is 2. The molecular weight excluding hydrogens is 200 g/mol. The molecule has 0 aromatic carbocycles. The Morgan fingerprint density at radius 2 is 2.06 bits per heavy atom. The molecule has 1 aromatic rings. The lowest BCUT2D eigenvalue weighted by Crippen LogP contribution is -2.38. The maximum Gasteiger partial charge on any atom is 0.137 e. The zero-order chi connectivity index (χ0) is 11.7. The molecule has 4 nitrogen and oxygen atoms in total. The second-order valence-electron chi connectivity index (χ2n) is 4.52. The first-order valence-electron chi connectivity index (χ1n) is 5.99. The van der Waals surface area contributed by atoms with E-state index in [-0.39, 0.29) is 0 Å². The Morgan fingerprint density at radius 3 is 2.56 bits per heavy atom. The van der Waals surface area contributed by atoms with Crippen molar-refractivity contribution < 1.29 is 0 Å².